The molecule has 4 atom stereocenters. The van der Waals surface area contributed by atoms with Crippen LogP contribution in [0, 0.1) is 17.8 Å². The molecule has 2 saturated carbocycles. The fourth-order valence-electron chi connectivity index (χ4n) is 5.29. The molecule has 2 nitrogen and oxygen atoms in total. The van der Waals surface area contributed by atoms with E-state index in [2.05, 4.69) is 6.07 Å². The van der Waals surface area contributed by atoms with E-state index in [-0.39, 0.29) is 0 Å². The van der Waals surface area contributed by atoms with Gasteiger partial charge in [0, 0.05) is 18.1 Å². The lowest BCUT2D eigenvalue weighted by Gasteiger charge is -2.47. The molecule has 0 amide bonds. The second-order valence-corrected chi connectivity index (χ2v) is 8.21. The Morgan fingerprint density at radius 1 is 1.05 bits per heavy atom. The fraction of sp³-hybridized carbons (Fsp3) is 0.667. The van der Waals surface area contributed by atoms with E-state index in [1.807, 2.05) is 6.07 Å². The Hall–Kier alpha value is -0.960. The molecule has 0 aromatic carbocycles. The van der Waals surface area contributed by atoms with Crippen LogP contribution in [0.2, 0.25) is 0 Å². The van der Waals surface area contributed by atoms with E-state index in [0.717, 1.165) is 24.2 Å². The molecule has 3 aliphatic rings. The highest BCUT2D eigenvalue weighted by Gasteiger charge is 2.45. The summed E-state index contributed by atoms with van der Waals surface area (Å²) in [5.41, 5.74) is 1.49. The van der Waals surface area contributed by atoms with Gasteiger partial charge in [0.25, 0.3) is 0 Å². The Labute approximate surface area is 130 Å². The average Bonchev–Trinajstić information content (AvgIpc) is 2.53. The quantitative estimate of drug-likeness (QED) is 0.743. The van der Waals surface area contributed by atoms with Crippen LogP contribution < -0.4 is 0 Å². The summed E-state index contributed by atoms with van der Waals surface area (Å²) in [5, 5.41) is 9.18. The van der Waals surface area contributed by atoms with Crippen LogP contribution in [0.5, 0.6) is 0 Å². The molecule has 1 aromatic heterocycles. The summed E-state index contributed by atoms with van der Waals surface area (Å²) in [4.78, 5) is 13.0. The number of hydrogen-bond donors (Lipinski definition) is 1. The summed E-state index contributed by atoms with van der Waals surface area (Å²) in [6.45, 7) is 0. The minimum absolute atomic E-state index is 0.499. The van der Waals surface area contributed by atoms with Crippen molar-refractivity contribution in [3.05, 3.63) is 27.5 Å². The maximum atomic E-state index is 11.2. The molecule has 2 fully saturated rings. The third-order valence-corrected chi connectivity index (χ3v) is 7.38. The first-order valence-electron chi connectivity index (χ1n) is 8.43. The molecule has 21 heavy (non-hydrogen) atoms. The Kier molecular flexibility index (Phi) is 3.49. The molecule has 4 rings (SSSR count). The lowest BCUT2D eigenvalue weighted by molar-refractivity contribution is 0.0700. The zero-order chi connectivity index (χ0) is 14.4. The monoisotopic (exact) mass is 303 g/mol. The molecular formula is C18H23O2S+. The van der Waals surface area contributed by atoms with Gasteiger partial charge in [-0.2, -0.15) is 0 Å². The van der Waals surface area contributed by atoms with Crippen LogP contribution in [-0.2, 0) is 6.42 Å². The molecule has 112 valence electrons. The molecule has 0 saturated heterocycles. The number of fused-ring (bicyclic) bond motifs is 5. The largest absolute Gasteiger partial charge is 0.474 e. The number of rotatable bonds is 1. The van der Waals surface area contributed by atoms with E-state index in [0.29, 0.717) is 10.8 Å². The molecule has 0 radical (unpaired) electrons. The van der Waals surface area contributed by atoms with Gasteiger partial charge in [0.05, 0.1) is 0 Å². The van der Waals surface area contributed by atoms with Gasteiger partial charge < -0.3 is 5.11 Å². The number of carbonyl (C=O) groups is 1. The van der Waals surface area contributed by atoms with Gasteiger partial charge >= 0.3 is 10.8 Å². The van der Waals surface area contributed by atoms with E-state index >= 15 is 0 Å². The summed E-state index contributed by atoms with van der Waals surface area (Å²) in [6.07, 6.45) is 10.9. The second-order valence-electron chi connectivity index (χ2n) is 7.08. The second kappa shape index (κ2) is 5.35. The fourth-order valence-corrected chi connectivity index (χ4v) is 6.33. The minimum Gasteiger partial charge on any atom is -0.474 e. The summed E-state index contributed by atoms with van der Waals surface area (Å²) in [6, 6.07) is 3.97. The highest BCUT2D eigenvalue weighted by Crippen LogP contribution is 2.54. The van der Waals surface area contributed by atoms with Gasteiger partial charge in [-0.05, 0) is 55.4 Å². The lowest BCUT2D eigenvalue weighted by atomic mass is 9.57. The first kappa shape index (κ1) is 13.7. The lowest BCUT2D eigenvalue weighted by Crippen LogP contribution is -2.38. The third kappa shape index (κ3) is 2.30. The van der Waals surface area contributed by atoms with Crippen molar-refractivity contribution in [3.63, 3.8) is 0 Å². The van der Waals surface area contributed by atoms with Crippen molar-refractivity contribution in [2.45, 2.75) is 57.3 Å². The van der Waals surface area contributed by atoms with Gasteiger partial charge in [-0.3, -0.25) is 0 Å². The van der Waals surface area contributed by atoms with Crippen molar-refractivity contribution < 1.29 is 9.90 Å². The zero-order valence-corrected chi connectivity index (χ0v) is 13.2. The highest BCUT2D eigenvalue weighted by molar-refractivity contribution is 7.13. The van der Waals surface area contributed by atoms with Gasteiger partial charge in [0.15, 0.2) is 0 Å². The van der Waals surface area contributed by atoms with E-state index < -0.39 is 5.97 Å². The highest BCUT2D eigenvalue weighted by atomic mass is 32.1. The average molecular weight is 303 g/mol. The Bertz CT molecular complexity index is 568. The first-order chi connectivity index (χ1) is 10.2. The minimum atomic E-state index is -0.777. The van der Waals surface area contributed by atoms with Crippen LogP contribution in [0.25, 0.3) is 0 Å². The van der Waals surface area contributed by atoms with Gasteiger partial charge in [0.2, 0.25) is 16.2 Å². The zero-order valence-electron chi connectivity index (χ0n) is 12.4. The molecule has 0 spiro atoms. The number of hydrogen-bond acceptors (Lipinski definition) is 1. The van der Waals surface area contributed by atoms with Crippen molar-refractivity contribution in [3.8, 4) is 0 Å². The summed E-state index contributed by atoms with van der Waals surface area (Å²) in [7, 11) is 0. The molecule has 3 aliphatic carbocycles. The van der Waals surface area contributed by atoms with Crippen LogP contribution >= 0.6 is 11.3 Å². The van der Waals surface area contributed by atoms with Gasteiger partial charge in [-0.25, -0.2) is 4.79 Å². The van der Waals surface area contributed by atoms with Crippen molar-refractivity contribution in [2.75, 3.05) is 0 Å². The summed E-state index contributed by atoms with van der Waals surface area (Å²) in [5.74, 6) is 2.76. The Morgan fingerprint density at radius 3 is 2.76 bits per heavy atom. The van der Waals surface area contributed by atoms with Gasteiger partial charge in [-0.15, -0.1) is 0 Å². The van der Waals surface area contributed by atoms with E-state index in [4.69, 9.17) is 0 Å². The Morgan fingerprint density at radius 2 is 1.90 bits per heavy atom. The van der Waals surface area contributed by atoms with Crippen LogP contribution in [0.15, 0.2) is 12.1 Å². The van der Waals surface area contributed by atoms with Crippen molar-refractivity contribution in [1.82, 2.24) is 0 Å². The van der Waals surface area contributed by atoms with Crippen molar-refractivity contribution >= 4 is 17.3 Å². The standard InChI is InChI=1S/C18H22O2S/c19-18(20)17-10-8-15-14-6-5-11-3-1-2-4-12(11)13(14)7-9-16(15)21-17/h8,10-14H,1-7,9H2/p+1. The van der Waals surface area contributed by atoms with Gasteiger partial charge in [0.1, 0.15) is 0 Å². The van der Waals surface area contributed by atoms with E-state index in [1.165, 1.54) is 66.7 Å². The Balaban J connectivity index is 1.65. The van der Waals surface area contributed by atoms with E-state index in [9.17, 15) is 9.90 Å². The molecule has 0 bridgehead atoms. The van der Waals surface area contributed by atoms with Crippen LogP contribution in [0.1, 0.15) is 71.0 Å². The van der Waals surface area contributed by atoms with E-state index in [1.54, 1.807) is 0 Å². The molecule has 1 heterocycles. The third-order valence-electron chi connectivity index (χ3n) is 6.17. The van der Waals surface area contributed by atoms with Crippen LogP contribution in [0.4, 0.5) is 0 Å². The molecule has 3 heteroatoms. The van der Waals surface area contributed by atoms with Crippen LogP contribution in [0.3, 0.4) is 0 Å². The topological polar surface area (TPSA) is 37.3 Å². The van der Waals surface area contributed by atoms with Gasteiger partial charge in [-0.1, -0.05) is 19.3 Å². The number of carboxylic acids is 1. The first-order valence-corrected chi connectivity index (χ1v) is 9.25. The predicted molar refractivity (Wildman–Crippen MR) is 84.9 cm³/mol. The normalized spacial score (nSPS) is 34.5. The maximum Gasteiger partial charge on any atom is 0.394 e. The predicted octanol–water partition coefficient (Wildman–Crippen LogP) is 4.97. The van der Waals surface area contributed by atoms with Crippen molar-refractivity contribution in [2.24, 2.45) is 17.8 Å². The van der Waals surface area contributed by atoms with Crippen LogP contribution in [-0.4, -0.2) is 11.1 Å². The number of carboxylic acid groups (broad SMARTS) is 1. The molecule has 1 aromatic rings. The SMILES string of the molecule is O=C(O)c1ccc2c([s+]1)CCC1C2CCC2CCCCC21. The summed E-state index contributed by atoms with van der Waals surface area (Å²) < 4.78 is 0. The molecule has 1 N–H and O–H groups in total. The maximum absolute atomic E-state index is 11.2. The summed E-state index contributed by atoms with van der Waals surface area (Å²) >= 11 is 1.52. The smallest absolute Gasteiger partial charge is 0.394 e. The molecule has 0 aliphatic heterocycles. The molecule has 4 unspecified atom stereocenters. The number of aryl methyl sites for hydroxylation is 1. The van der Waals surface area contributed by atoms with Crippen molar-refractivity contribution in [1.29, 1.82) is 0 Å². The molecular weight excluding hydrogens is 280 g/mol. The number of aromatic carboxylic acids is 1.